The van der Waals surface area contributed by atoms with Crippen molar-refractivity contribution in [2.24, 2.45) is 11.8 Å². The Kier molecular flexibility index (Phi) is 7.07. The number of hydrogen-bond donors (Lipinski definition) is 3. The summed E-state index contributed by atoms with van der Waals surface area (Å²) in [6, 6.07) is -1.05. The Balaban J connectivity index is 2.00. The maximum absolute atomic E-state index is 13.7. The van der Waals surface area contributed by atoms with Gasteiger partial charge in [0, 0.05) is 17.8 Å². The number of fused-ring (bicyclic) bond motifs is 1. The molecule has 3 aliphatic rings. The van der Waals surface area contributed by atoms with Gasteiger partial charge in [-0.1, -0.05) is 27.2 Å². The van der Waals surface area contributed by atoms with E-state index in [0.29, 0.717) is 19.5 Å². The molecule has 3 fully saturated rings. The molecular weight excluding hydrogens is 402 g/mol. The van der Waals surface area contributed by atoms with Crippen LogP contribution in [0.25, 0.3) is 0 Å². The number of aliphatic hydroxyl groups is 1. The van der Waals surface area contributed by atoms with Gasteiger partial charge in [-0.15, -0.1) is 11.8 Å². The van der Waals surface area contributed by atoms with Crippen LogP contribution >= 0.6 is 11.8 Å². The van der Waals surface area contributed by atoms with Crippen LogP contribution in [0, 0.1) is 11.8 Å². The third-order valence-corrected chi connectivity index (χ3v) is 9.19. The van der Waals surface area contributed by atoms with Crippen LogP contribution < -0.4 is 10.6 Å². The van der Waals surface area contributed by atoms with Crippen molar-refractivity contribution in [1.82, 2.24) is 15.5 Å². The summed E-state index contributed by atoms with van der Waals surface area (Å²) in [5.41, 5.74) is 0. The smallest absolute Gasteiger partial charge is 0.244 e. The van der Waals surface area contributed by atoms with Crippen molar-refractivity contribution in [2.45, 2.75) is 87.8 Å². The first-order valence-electron chi connectivity index (χ1n) is 11.5. The van der Waals surface area contributed by atoms with Gasteiger partial charge in [-0.2, -0.15) is 0 Å². The molecule has 3 heterocycles. The second-order valence-electron chi connectivity index (χ2n) is 9.15. The quantitative estimate of drug-likeness (QED) is 0.450. The molecule has 1 spiro atoms. The minimum Gasteiger partial charge on any atom is -0.394 e. The zero-order valence-electron chi connectivity index (χ0n) is 18.7. The van der Waals surface area contributed by atoms with Gasteiger partial charge in [0.15, 0.2) is 0 Å². The Hall–Kier alpha value is -1.28. The average molecular weight is 440 g/mol. The molecule has 6 atom stereocenters. The number of likely N-dealkylation sites (tertiary alicyclic amines) is 1. The van der Waals surface area contributed by atoms with Crippen molar-refractivity contribution < 1.29 is 19.5 Å². The molecule has 3 amide bonds. The number of rotatable bonds is 10. The summed E-state index contributed by atoms with van der Waals surface area (Å²) in [5.74, 6) is -1.31. The SMILES string of the molecule is CCCCNC(=O)C1N([C@@H](CC)CO)C(=O)[C@@H]2[C@@H](C(=O)NCCC)[C@@]3(C)CCC12S3. The molecule has 3 N–H and O–H groups in total. The minimum atomic E-state index is -0.639. The van der Waals surface area contributed by atoms with Crippen molar-refractivity contribution in [1.29, 1.82) is 0 Å². The lowest BCUT2D eigenvalue weighted by atomic mass is 9.66. The van der Waals surface area contributed by atoms with Crippen LogP contribution in [-0.2, 0) is 14.4 Å². The van der Waals surface area contributed by atoms with E-state index in [1.165, 1.54) is 0 Å². The average Bonchev–Trinajstić information content (AvgIpc) is 3.29. The normalized spacial score (nSPS) is 35.4. The highest BCUT2D eigenvalue weighted by Crippen LogP contribution is 2.71. The number of hydrogen-bond acceptors (Lipinski definition) is 5. The molecule has 0 aliphatic carbocycles. The van der Waals surface area contributed by atoms with E-state index in [-0.39, 0.29) is 29.1 Å². The third kappa shape index (κ3) is 3.53. The molecular formula is C22H37N3O4S. The first-order chi connectivity index (χ1) is 14.3. The van der Waals surface area contributed by atoms with E-state index in [2.05, 4.69) is 24.5 Å². The van der Waals surface area contributed by atoms with Gasteiger partial charge >= 0.3 is 0 Å². The molecule has 3 rings (SSSR count). The fourth-order valence-corrected chi connectivity index (χ4v) is 8.06. The van der Waals surface area contributed by atoms with Crippen LogP contribution in [0.15, 0.2) is 0 Å². The lowest BCUT2D eigenvalue weighted by molar-refractivity contribution is -0.143. The fraction of sp³-hybridized carbons (Fsp3) is 0.864. The number of nitrogens with zero attached hydrogens (tertiary/aromatic N) is 1. The van der Waals surface area contributed by atoms with E-state index in [4.69, 9.17) is 0 Å². The molecule has 30 heavy (non-hydrogen) atoms. The molecule has 2 unspecified atom stereocenters. The largest absolute Gasteiger partial charge is 0.394 e. The fourth-order valence-electron chi connectivity index (χ4n) is 5.71. The van der Waals surface area contributed by atoms with E-state index >= 15 is 0 Å². The lowest BCUT2D eigenvalue weighted by Gasteiger charge is -2.36. The molecule has 0 aromatic carbocycles. The summed E-state index contributed by atoms with van der Waals surface area (Å²) < 4.78 is -0.938. The lowest BCUT2D eigenvalue weighted by Crippen LogP contribution is -2.56. The van der Waals surface area contributed by atoms with Crippen molar-refractivity contribution in [2.75, 3.05) is 19.7 Å². The molecule has 0 aromatic heterocycles. The summed E-state index contributed by atoms with van der Waals surface area (Å²) in [6.07, 6.45) is 4.82. The molecule has 8 heteroatoms. The summed E-state index contributed by atoms with van der Waals surface area (Å²) in [5, 5.41) is 16.0. The van der Waals surface area contributed by atoms with Crippen LogP contribution in [0.3, 0.4) is 0 Å². The number of aliphatic hydroxyl groups excluding tert-OH is 1. The van der Waals surface area contributed by atoms with Crippen LogP contribution in [0.5, 0.6) is 0 Å². The standard InChI is InChI=1S/C22H37N3O4S/c1-5-8-12-24-19(28)17-22-10-9-21(4,30-22)15(18(27)23-11-6-2)16(22)20(29)25(17)14(7-3)13-26/h14-17,26H,5-13H2,1-4H3,(H,23,27)(H,24,28)/t14-,15-,16-,17?,21+,22?/m0/s1. The van der Waals surface area contributed by atoms with E-state index in [0.717, 1.165) is 32.1 Å². The van der Waals surface area contributed by atoms with Crippen molar-refractivity contribution in [3.05, 3.63) is 0 Å². The summed E-state index contributed by atoms with van der Waals surface area (Å²) >= 11 is 1.68. The minimum absolute atomic E-state index is 0.0733. The number of nitrogens with one attached hydrogen (secondary N) is 2. The Bertz CT molecular complexity index is 685. The summed E-state index contributed by atoms with van der Waals surface area (Å²) in [7, 11) is 0. The highest BCUT2D eigenvalue weighted by atomic mass is 32.2. The number of carbonyl (C=O) groups excluding carboxylic acids is 3. The zero-order chi connectivity index (χ0) is 22.1. The van der Waals surface area contributed by atoms with Gasteiger partial charge < -0.3 is 20.6 Å². The molecule has 3 saturated heterocycles. The Morgan fingerprint density at radius 2 is 1.87 bits per heavy atom. The zero-order valence-corrected chi connectivity index (χ0v) is 19.5. The molecule has 0 radical (unpaired) electrons. The Morgan fingerprint density at radius 3 is 2.47 bits per heavy atom. The van der Waals surface area contributed by atoms with Crippen molar-refractivity contribution in [3.8, 4) is 0 Å². The molecule has 3 aliphatic heterocycles. The third-order valence-electron chi connectivity index (χ3n) is 7.20. The van der Waals surface area contributed by atoms with E-state index in [9.17, 15) is 19.5 Å². The first kappa shape index (κ1) is 23.4. The second-order valence-corrected chi connectivity index (χ2v) is 11.1. The Labute approximate surface area is 184 Å². The van der Waals surface area contributed by atoms with Gasteiger partial charge in [-0.25, -0.2) is 0 Å². The van der Waals surface area contributed by atoms with Crippen molar-refractivity contribution in [3.63, 3.8) is 0 Å². The van der Waals surface area contributed by atoms with Crippen LogP contribution in [-0.4, -0.2) is 69.0 Å². The molecule has 2 bridgehead atoms. The van der Waals surface area contributed by atoms with Gasteiger partial charge in [-0.05, 0) is 39.0 Å². The van der Waals surface area contributed by atoms with Gasteiger partial charge in [0.2, 0.25) is 17.7 Å². The summed E-state index contributed by atoms with van der Waals surface area (Å²) in [4.78, 5) is 41.9. The van der Waals surface area contributed by atoms with E-state index < -0.39 is 28.7 Å². The second kappa shape index (κ2) is 9.07. The number of thioether (sulfide) groups is 1. The monoisotopic (exact) mass is 439 g/mol. The molecule has 0 saturated carbocycles. The maximum Gasteiger partial charge on any atom is 0.244 e. The van der Waals surface area contributed by atoms with E-state index in [1.807, 2.05) is 13.8 Å². The number of carbonyl (C=O) groups is 3. The molecule has 170 valence electrons. The van der Waals surface area contributed by atoms with Gasteiger partial charge in [0.05, 0.1) is 29.2 Å². The molecule has 0 aromatic rings. The Morgan fingerprint density at radius 1 is 1.17 bits per heavy atom. The maximum atomic E-state index is 13.7. The highest BCUT2D eigenvalue weighted by Gasteiger charge is 2.77. The predicted octanol–water partition coefficient (Wildman–Crippen LogP) is 1.68. The van der Waals surface area contributed by atoms with E-state index in [1.54, 1.807) is 16.7 Å². The van der Waals surface area contributed by atoms with Crippen LogP contribution in [0.4, 0.5) is 0 Å². The van der Waals surface area contributed by atoms with Gasteiger partial charge in [0.25, 0.3) is 0 Å². The summed E-state index contributed by atoms with van der Waals surface area (Å²) in [6.45, 7) is 9.05. The predicted molar refractivity (Wildman–Crippen MR) is 118 cm³/mol. The van der Waals surface area contributed by atoms with Crippen LogP contribution in [0.2, 0.25) is 0 Å². The van der Waals surface area contributed by atoms with Gasteiger partial charge in [-0.3, -0.25) is 14.4 Å². The number of amides is 3. The highest BCUT2D eigenvalue weighted by molar-refractivity contribution is 8.02. The topological polar surface area (TPSA) is 98.7 Å². The number of unbranched alkanes of at least 4 members (excludes halogenated alkanes) is 1. The first-order valence-corrected chi connectivity index (χ1v) is 12.3. The van der Waals surface area contributed by atoms with Crippen molar-refractivity contribution >= 4 is 29.5 Å². The van der Waals surface area contributed by atoms with Crippen LogP contribution in [0.1, 0.15) is 66.2 Å². The molecule has 7 nitrogen and oxygen atoms in total. The van der Waals surface area contributed by atoms with Gasteiger partial charge in [0.1, 0.15) is 6.04 Å².